The molecule has 0 spiro atoms. The number of alkyl halides is 3. The van der Waals surface area contributed by atoms with Crippen molar-refractivity contribution in [3.8, 4) is 5.75 Å². The molecule has 0 radical (unpaired) electrons. The first kappa shape index (κ1) is 15.1. The average Bonchev–Trinajstić information content (AvgIpc) is 2.38. The van der Waals surface area contributed by atoms with Gasteiger partial charge in [0.25, 0.3) is 0 Å². The highest BCUT2D eigenvalue weighted by Crippen LogP contribution is 2.30. The molecule has 7 heteroatoms. The van der Waals surface area contributed by atoms with E-state index in [1.165, 1.54) is 24.3 Å². The number of benzene rings is 2. The van der Waals surface area contributed by atoms with Gasteiger partial charge < -0.3 is 10.1 Å². The molecule has 0 saturated heterocycles. The standard InChI is InChI=1S/C14H10F5NO/c15-10-4-3-5-11(16)9(10)8-20-12-6-1-2-7-13(12)21-14(17,18)19/h1-7,20H,8H2. The number of hydrogen-bond acceptors (Lipinski definition) is 2. The van der Waals surface area contributed by atoms with E-state index in [1.54, 1.807) is 0 Å². The van der Waals surface area contributed by atoms with Gasteiger partial charge in [0, 0.05) is 12.1 Å². The molecule has 21 heavy (non-hydrogen) atoms. The number of nitrogens with one attached hydrogen (secondary N) is 1. The third-order valence-electron chi connectivity index (χ3n) is 2.63. The quantitative estimate of drug-likeness (QED) is 0.841. The summed E-state index contributed by atoms with van der Waals surface area (Å²) in [6.07, 6.45) is -4.85. The van der Waals surface area contributed by atoms with Gasteiger partial charge in [-0.2, -0.15) is 0 Å². The van der Waals surface area contributed by atoms with Crippen LogP contribution in [0.15, 0.2) is 42.5 Å². The molecule has 0 fully saturated rings. The lowest BCUT2D eigenvalue weighted by Gasteiger charge is -2.15. The van der Waals surface area contributed by atoms with Crippen LogP contribution in [0.5, 0.6) is 5.75 Å². The molecule has 2 rings (SSSR count). The van der Waals surface area contributed by atoms with E-state index in [-0.39, 0.29) is 17.8 Å². The first-order valence-electron chi connectivity index (χ1n) is 5.88. The van der Waals surface area contributed by atoms with Gasteiger partial charge in [-0.05, 0) is 24.3 Å². The van der Waals surface area contributed by atoms with Crippen molar-refractivity contribution in [2.75, 3.05) is 5.32 Å². The molecule has 0 aliphatic carbocycles. The van der Waals surface area contributed by atoms with Gasteiger partial charge in [0.2, 0.25) is 0 Å². The molecule has 0 amide bonds. The second-order valence-corrected chi connectivity index (χ2v) is 4.10. The van der Waals surface area contributed by atoms with Crippen molar-refractivity contribution < 1.29 is 26.7 Å². The molecule has 0 aromatic heterocycles. The lowest BCUT2D eigenvalue weighted by atomic mass is 10.2. The summed E-state index contributed by atoms with van der Waals surface area (Å²) in [7, 11) is 0. The van der Waals surface area contributed by atoms with Gasteiger partial charge in [0.05, 0.1) is 5.69 Å². The fourth-order valence-electron chi connectivity index (χ4n) is 1.71. The number of anilines is 1. The van der Waals surface area contributed by atoms with Crippen molar-refractivity contribution in [1.29, 1.82) is 0 Å². The van der Waals surface area contributed by atoms with Crippen molar-refractivity contribution in [2.24, 2.45) is 0 Å². The predicted octanol–water partition coefficient (Wildman–Crippen LogP) is 4.48. The van der Waals surface area contributed by atoms with E-state index in [9.17, 15) is 22.0 Å². The minimum atomic E-state index is -4.85. The van der Waals surface area contributed by atoms with Crippen molar-refractivity contribution in [1.82, 2.24) is 0 Å². The Morgan fingerprint density at radius 2 is 1.52 bits per heavy atom. The van der Waals surface area contributed by atoms with E-state index in [4.69, 9.17) is 0 Å². The van der Waals surface area contributed by atoms with Crippen LogP contribution >= 0.6 is 0 Å². The predicted molar refractivity (Wildman–Crippen MR) is 66.8 cm³/mol. The summed E-state index contributed by atoms with van der Waals surface area (Å²) in [6, 6.07) is 8.60. The summed E-state index contributed by atoms with van der Waals surface area (Å²) >= 11 is 0. The zero-order valence-corrected chi connectivity index (χ0v) is 10.5. The molecule has 1 N–H and O–H groups in total. The third-order valence-corrected chi connectivity index (χ3v) is 2.63. The molecule has 2 nitrogen and oxygen atoms in total. The maximum atomic E-state index is 13.4. The molecule has 0 aliphatic heterocycles. The Kier molecular flexibility index (Phi) is 4.30. The van der Waals surface area contributed by atoms with Crippen LogP contribution in [0, 0.1) is 11.6 Å². The van der Waals surface area contributed by atoms with E-state index in [1.807, 2.05) is 0 Å². The molecule has 2 aromatic rings. The summed E-state index contributed by atoms with van der Waals surface area (Å²) < 4.78 is 67.4. The highest BCUT2D eigenvalue weighted by molar-refractivity contribution is 5.56. The summed E-state index contributed by atoms with van der Waals surface area (Å²) in [5.74, 6) is -2.03. The Morgan fingerprint density at radius 1 is 0.905 bits per heavy atom. The van der Waals surface area contributed by atoms with Crippen LogP contribution in [0.3, 0.4) is 0 Å². The molecule has 0 saturated carbocycles. The van der Waals surface area contributed by atoms with Crippen molar-refractivity contribution >= 4 is 5.69 Å². The molecule has 0 aliphatic rings. The molecule has 0 bridgehead atoms. The minimum Gasteiger partial charge on any atom is -0.404 e. The van der Waals surface area contributed by atoms with E-state index >= 15 is 0 Å². The van der Waals surface area contributed by atoms with Crippen molar-refractivity contribution in [2.45, 2.75) is 12.9 Å². The third kappa shape index (κ3) is 4.08. The van der Waals surface area contributed by atoms with Gasteiger partial charge in [0.1, 0.15) is 11.6 Å². The van der Waals surface area contributed by atoms with Crippen LogP contribution < -0.4 is 10.1 Å². The number of halogens is 5. The van der Waals surface area contributed by atoms with Crippen LogP contribution in [0.1, 0.15) is 5.56 Å². The van der Waals surface area contributed by atoms with E-state index in [2.05, 4.69) is 10.1 Å². The Bertz CT molecular complexity index is 607. The summed E-state index contributed by atoms with van der Waals surface area (Å²) in [4.78, 5) is 0. The van der Waals surface area contributed by atoms with Crippen molar-refractivity contribution in [3.63, 3.8) is 0 Å². The minimum absolute atomic E-state index is 0.0162. The fourth-order valence-corrected chi connectivity index (χ4v) is 1.71. The van der Waals surface area contributed by atoms with Crippen LogP contribution in [0.2, 0.25) is 0 Å². The fraction of sp³-hybridized carbons (Fsp3) is 0.143. The molecule has 0 unspecified atom stereocenters. The topological polar surface area (TPSA) is 21.3 Å². The molecule has 0 heterocycles. The maximum absolute atomic E-state index is 13.4. The number of rotatable bonds is 4. The van der Waals surface area contributed by atoms with Crippen LogP contribution in [0.25, 0.3) is 0 Å². The van der Waals surface area contributed by atoms with Gasteiger partial charge in [0.15, 0.2) is 5.75 Å². The van der Waals surface area contributed by atoms with Gasteiger partial charge in [-0.1, -0.05) is 18.2 Å². The maximum Gasteiger partial charge on any atom is 0.573 e. The smallest absolute Gasteiger partial charge is 0.404 e. The van der Waals surface area contributed by atoms with Crippen LogP contribution in [-0.2, 0) is 6.54 Å². The second kappa shape index (κ2) is 5.99. The summed E-state index contributed by atoms with van der Waals surface area (Å²) in [5.41, 5.74) is -0.281. The van der Waals surface area contributed by atoms with Crippen LogP contribution in [-0.4, -0.2) is 6.36 Å². The van der Waals surface area contributed by atoms with Gasteiger partial charge in [-0.25, -0.2) is 8.78 Å². The Balaban J connectivity index is 2.17. The monoisotopic (exact) mass is 303 g/mol. The highest BCUT2D eigenvalue weighted by atomic mass is 19.4. The van der Waals surface area contributed by atoms with E-state index in [0.29, 0.717) is 0 Å². The molecule has 0 atom stereocenters. The van der Waals surface area contributed by atoms with E-state index in [0.717, 1.165) is 18.2 Å². The van der Waals surface area contributed by atoms with Gasteiger partial charge in [-0.3, -0.25) is 0 Å². The van der Waals surface area contributed by atoms with Crippen LogP contribution in [0.4, 0.5) is 27.6 Å². The highest BCUT2D eigenvalue weighted by Gasteiger charge is 2.32. The SMILES string of the molecule is Fc1cccc(F)c1CNc1ccccc1OC(F)(F)F. The van der Waals surface area contributed by atoms with Gasteiger partial charge >= 0.3 is 6.36 Å². The number of ether oxygens (including phenoxy) is 1. The molecular formula is C14H10F5NO. The van der Waals surface area contributed by atoms with E-state index < -0.39 is 23.7 Å². The number of hydrogen-bond donors (Lipinski definition) is 1. The first-order chi connectivity index (χ1) is 9.87. The van der Waals surface area contributed by atoms with Gasteiger partial charge in [-0.15, -0.1) is 13.2 Å². The molecule has 2 aromatic carbocycles. The summed E-state index contributed by atoms with van der Waals surface area (Å²) in [6.45, 7) is -0.309. The Labute approximate surface area is 117 Å². The zero-order valence-electron chi connectivity index (χ0n) is 10.5. The first-order valence-corrected chi connectivity index (χ1v) is 5.88. The summed E-state index contributed by atoms with van der Waals surface area (Å²) in [5, 5.41) is 2.53. The second-order valence-electron chi connectivity index (χ2n) is 4.10. The largest absolute Gasteiger partial charge is 0.573 e. The average molecular weight is 303 g/mol. The zero-order chi connectivity index (χ0) is 15.5. The molecular weight excluding hydrogens is 293 g/mol. The molecule has 112 valence electrons. The normalized spacial score (nSPS) is 11.3. The Hall–Kier alpha value is -2.31. The number of para-hydroxylation sites is 2. The Morgan fingerprint density at radius 3 is 2.14 bits per heavy atom. The van der Waals surface area contributed by atoms with Crippen molar-refractivity contribution in [3.05, 3.63) is 59.7 Å². The lowest BCUT2D eigenvalue weighted by Crippen LogP contribution is -2.18. The lowest BCUT2D eigenvalue weighted by molar-refractivity contribution is -0.274.